The molecule has 0 N–H and O–H groups in total. The molecule has 0 aliphatic carbocycles. The number of rotatable bonds is 3. The average Bonchev–Trinajstić information content (AvgIpc) is 3.49. The summed E-state index contributed by atoms with van der Waals surface area (Å²) < 4.78 is 5.42. The maximum Gasteiger partial charge on any atom is 0.259 e. The Kier molecular flexibility index (Phi) is 4.56. The van der Waals surface area contributed by atoms with E-state index in [2.05, 4.69) is 33.0 Å². The Morgan fingerprint density at radius 3 is 2.69 bits per heavy atom. The average molecular weight is 426 g/mol. The fourth-order valence-corrected chi connectivity index (χ4v) is 5.13. The number of fused-ring (bicyclic) bond motifs is 1. The Bertz CT molecular complexity index is 1170. The van der Waals surface area contributed by atoms with E-state index >= 15 is 0 Å². The van der Waals surface area contributed by atoms with E-state index in [1.165, 1.54) is 4.88 Å². The Balaban J connectivity index is 1.47. The SMILES string of the molecule is Cc1ccc(-c2cc(C(=O)N3CCN(c4nccs4)CC3)c3c(C)noc3n2)s1. The largest absolute Gasteiger partial charge is 0.345 e. The molecule has 1 amide bonds. The van der Waals surface area contributed by atoms with Gasteiger partial charge in [-0.2, -0.15) is 0 Å². The monoisotopic (exact) mass is 425 g/mol. The lowest BCUT2D eigenvalue weighted by atomic mass is 10.1. The van der Waals surface area contributed by atoms with Crippen molar-refractivity contribution in [3.63, 3.8) is 0 Å². The van der Waals surface area contributed by atoms with Crippen LogP contribution >= 0.6 is 22.7 Å². The first-order valence-corrected chi connectivity index (χ1v) is 11.1. The normalized spacial score (nSPS) is 14.7. The minimum Gasteiger partial charge on any atom is -0.345 e. The molecule has 0 aromatic carbocycles. The summed E-state index contributed by atoms with van der Waals surface area (Å²) in [7, 11) is 0. The van der Waals surface area contributed by atoms with E-state index in [1.54, 1.807) is 22.7 Å². The van der Waals surface area contributed by atoms with Gasteiger partial charge < -0.3 is 14.3 Å². The van der Waals surface area contributed by atoms with Gasteiger partial charge in [0.15, 0.2) is 5.13 Å². The lowest BCUT2D eigenvalue weighted by Crippen LogP contribution is -2.48. The van der Waals surface area contributed by atoms with Gasteiger partial charge in [0.2, 0.25) is 0 Å². The minimum atomic E-state index is -0.00276. The number of carbonyl (C=O) groups excluding carboxylic acids is 1. The van der Waals surface area contributed by atoms with Crippen LogP contribution in [-0.2, 0) is 0 Å². The summed E-state index contributed by atoms with van der Waals surface area (Å²) >= 11 is 3.27. The highest BCUT2D eigenvalue weighted by Crippen LogP contribution is 2.32. The van der Waals surface area contributed by atoms with E-state index < -0.39 is 0 Å². The third kappa shape index (κ3) is 3.30. The summed E-state index contributed by atoms with van der Waals surface area (Å²) in [4.78, 5) is 28.8. The number of carbonyl (C=O) groups is 1. The van der Waals surface area contributed by atoms with Gasteiger partial charge in [-0.3, -0.25) is 4.79 Å². The van der Waals surface area contributed by atoms with Gasteiger partial charge in [-0.05, 0) is 32.0 Å². The van der Waals surface area contributed by atoms with Gasteiger partial charge in [0.05, 0.1) is 27.2 Å². The van der Waals surface area contributed by atoms with E-state index in [0.29, 0.717) is 35.4 Å². The zero-order chi connectivity index (χ0) is 20.0. The molecule has 5 heterocycles. The third-order valence-electron chi connectivity index (χ3n) is 5.10. The molecular weight excluding hydrogens is 406 g/mol. The zero-order valence-electron chi connectivity index (χ0n) is 16.1. The number of amides is 1. The molecule has 0 radical (unpaired) electrons. The molecule has 1 saturated heterocycles. The van der Waals surface area contributed by atoms with Crippen molar-refractivity contribution in [3.05, 3.63) is 45.9 Å². The van der Waals surface area contributed by atoms with E-state index in [4.69, 9.17) is 4.52 Å². The van der Waals surface area contributed by atoms with Crippen molar-refractivity contribution in [2.24, 2.45) is 0 Å². The molecule has 4 aromatic heterocycles. The van der Waals surface area contributed by atoms with E-state index in [9.17, 15) is 4.79 Å². The zero-order valence-corrected chi connectivity index (χ0v) is 17.7. The first kappa shape index (κ1) is 18.3. The van der Waals surface area contributed by atoms with Gasteiger partial charge in [-0.15, -0.1) is 22.7 Å². The summed E-state index contributed by atoms with van der Waals surface area (Å²) in [5.74, 6) is -0.00276. The molecule has 0 spiro atoms. The number of aromatic nitrogens is 3. The molecule has 1 aliphatic rings. The number of nitrogens with zero attached hydrogens (tertiary/aromatic N) is 5. The smallest absolute Gasteiger partial charge is 0.259 e. The van der Waals surface area contributed by atoms with Crippen molar-refractivity contribution in [1.29, 1.82) is 0 Å². The van der Waals surface area contributed by atoms with E-state index in [-0.39, 0.29) is 5.91 Å². The van der Waals surface area contributed by atoms with Crippen LogP contribution in [0.2, 0.25) is 0 Å². The molecule has 4 aromatic rings. The van der Waals surface area contributed by atoms with Crippen molar-refractivity contribution in [1.82, 2.24) is 20.0 Å². The number of piperazine rings is 1. The van der Waals surface area contributed by atoms with Crippen LogP contribution in [0.1, 0.15) is 20.9 Å². The number of aryl methyl sites for hydroxylation is 2. The first-order chi connectivity index (χ1) is 14.1. The molecule has 1 fully saturated rings. The predicted molar refractivity (Wildman–Crippen MR) is 115 cm³/mol. The standard InChI is InChI=1S/C20H19N5O2S2/c1-12-3-4-16(29-12)15-11-14(17-13(2)23-27-18(17)22-15)19(26)24-6-8-25(9-7-24)20-21-5-10-28-20/h3-5,10-11H,6-9H2,1-2H3. The topological polar surface area (TPSA) is 75.4 Å². The van der Waals surface area contributed by atoms with Crippen molar-refractivity contribution in [2.45, 2.75) is 13.8 Å². The molecule has 0 atom stereocenters. The lowest BCUT2D eigenvalue weighted by Gasteiger charge is -2.34. The van der Waals surface area contributed by atoms with Gasteiger partial charge in [0, 0.05) is 42.6 Å². The molecule has 0 unspecified atom stereocenters. The van der Waals surface area contributed by atoms with Crippen LogP contribution < -0.4 is 4.90 Å². The summed E-state index contributed by atoms with van der Waals surface area (Å²) in [5, 5.41) is 7.74. The molecule has 9 heteroatoms. The van der Waals surface area contributed by atoms with E-state index in [1.807, 2.05) is 35.5 Å². The molecule has 0 saturated carbocycles. The second kappa shape index (κ2) is 7.23. The fraction of sp³-hybridized carbons (Fsp3) is 0.300. The molecule has 7 nitrogen and oxygen atoms in total. The van der Waals surface area contributed by atoms with Crippen LogP contribution in [0.4, 0.5) is 5.13 Å². The number of hydrogen-bond donors (Lipinski definition) is 0. The summed E-state index contributed by atoms with van der Waals surface area (Å²) in [6, 6.07) is 5.96. The van der Waals surface area contributed by atoms with Gasteiger partial charge in [-0.1, -0.05) is 5.16 Å². The van der Waals surface area contributed by atoms with Gasteiger partial charge in [0.25, 0.3) is 11.6 Å². The van der Waals surface area contributed by atoms with Crippen molar-refractivity contribution < 1.29 is 9.32 Å². The quantitative estimate of drug-likeness (QED) is 0.494. The van der Waals surface area contributed by atoms with E-state index in [0.717, 1.165) is 28.8 Å². The van der Waals surface area contributed by atoms with Crippen molar-refractivity contribution >= 4 is 44.8 Å². The van der Waals surface area contributed by atoms with Crippen LogP contribution in [0.5, 0.6) is 0 Å². The van der Waals surface area contributed by atoms with Crippen molar-refractivity contribution in [3.8, 4) is 10.6 Å². The maximum absolute atomic E-state index is 13.4. The fourth-order valence-electron chi connectivity index (χ4n) is 3.61. The minimum absolute atomic E-state index is 0.00276. The summed E-state index contributed by atoms with van der Waals surface area (Å²) in [6.45, 7) is 6.75. The summed E-state index contributed by atoms with van der Waals surface area (Å²) in [6.07, 6.45) is 1.81. The predicted octanol–water partition coefficient (Wildman–Crippen LogP) is 3.99. The van der Waals surface area contributed by atoms with Crippen molar-refractivity contribution in [2.75, 3.05) is 31.1 Å². The second-order valence-electron chi connectivity index (χ2n) is 7.01. The highest BCUT2D eigenvalue weighted by molar-refractivity contribution is 7.15. The van der Waals surface area contributed by atoms with Crippen LogP contribution in [-0.4, -0.2) is 52.1 Å². The number of thiophene rings is 1. The number of thiazole rings is 1. The first-order valence-electron chi connectivity index (χ1n) is 9.38. The number of hydrogen-bond acceptors (Lipinski definition) is 8. The summed E-state index contributed by atoms with van der Waals surface area (Å²) in [5.41, 5.74) is 2.45. The highest BCUT2D eigenvalue weighted by Gasteiger charge is 2.27. The Labute approximate surface area is 175 Å². The molecule has 1 aliphatic heterocycles. The maximum atomic E-state index is 13.4. The van der Waals surface area contributed by atoms with Crippen LogP contribution in [0, 0.1) is 13.8 Å². The van der Waals surface area contributed by atoms with Crippen LogP contribution in [0.15, 0.2) is 34.3 Å². The lowest BCUT2D eigenvalue weighted by molar-refractivity contribution is 0.0748. The number of pyridine rings is 1. The Hall–Kier alpha value is -2.78. The second-order valence-corrected chi connectivity index (χ2v) is 9.17. The van der Waals surface area contributed by atoms with Crippen LogP contribution in [0.25, 0.3) is 21.7 Å². The molecule has 5 rings (SSSR count). The van der Waals surface area contributed by atoms with Crippen LogP contribution in [0.3, 0.4) is 0 Å². The third-order valence-corrected chi connectivity index (χ3v) is 6.95. The Morgan fingerprint density at radius 1 is 1.17 bits per heavy atom. The van der Waals surface area contributed by atoms with Gasteiger partial charge in [-0.25, -0.2) is 9.97 Å². The highest BCUT2D eigenvalue weighted by atomic mass is 32.1. The molecular formula is C20H19N5O2S2. The molecule has 29 heavy (non-hydrogen) atoms. The molecule has 0 bridgehead atoms. The number of anilines is 1. The Morgan fingerprint density at radius 2 is 2.00 bits per heavy atom. The van der Waals surface area contributed by atoms with Gasteiger partial charge in [0.1, 0.15) is 0 Å². The van der Waals surface area contributed by atoms with Gasteiger partial charge >= 0.3 is 0 Å². The molecule has 148 valence electrons.